The van der Waals surface area contributed by atoms with Gasteiger partial charge in [0.15, 0.2) is 11.6 Å². The minimum atomic E-state index is -4.86. The molecule has 17 nitrogen and oxygen atoms in total. The average molecular weight is 1000 g/mol. The van der Waals surface area contributed by atoms with Crippen molar-refractivity contribution in [3.05, 3.63) is 113 Å². The fourth-order valence-electron chi connectivity index (χ4n) is 4.95. The Morgan fingerprint density at radius 1 is 0.797 bits per heavy atom. The average Bonchev–Trinajstić information content (AvgIpc) is 2.12. The molecule has 0 spiro atoms. The van der Waals surface area contributed by atoms with E-state index in [9.17, 15) is 36.0 Å². The van der Waals surface area contributed by atoms with Gasteiger partial charge >= 0.3 is 0 Å². The lowest BCUT2D eigenvalue weighted by molar-refractivity contribution is 0.100. The van der Waals surface area contributed by atoms with Crippen LogP contribution in [-0.2, 0) is 24.8 Å². The lowest BCUT2D eigenvalue weighted by atomic mass is 10.0. The molecule has 22 heteroatoms. The standard InChI is InChI=1S/C20H21N3O5S2.C12H13ClN2O5S2.C10H13NO/c1-10-8-11(2)17(15(9-10)14(5)24)21-19(25)18-16(6-7-29-18)30(26,27)23-20-12(3)13(4)22-28-20;1-7-8(2)14-20-12(7)15(6-19-3)22(17,18)9-4-5-21-10(9)11(13)16;1-6-4-7(2)10(11)9(5-6)8(3)12/h6-9,23H,1-5H3,(H,21,25);4-5H,6H2,1-3H3;4-5H,11H2,1-3H3/i1D3,2D3,3D3,4D3;2*1D3,2D3. The van der Waals surface area contributed by atoms with Gasteiger partial charge in [-0.15, -0.1) is 22.7 Å². The highest BCUT2D eigenvalue weighted by molar-refractivity contribution is 7.93. The molecule has 2 aromatic carbocycles. The first-order chi connectivity index (χ1) is 39.5. The molecular weight excluding hydrogens is 928 g/mol. The van der Waals surface area contributed by atoms with E-state index in [2.05, 4.69) is 15.6 Å². The summed E-state index contributed by atoms with van der Waals surface area (Å²) < 4.78 is 250. The second-order valence-corrected chi connectivity index (χ2v) is 18.0. The number of thiophene rings is 2. The zero-order chi connectivity index (χ0) is 68.0. The Kier molecular flexibility index (Phi) is 8.57. The monoisotopic (exact) mass is 998 g/mol. The number of rotatable bonds is 13. The number of aryl methyl sites for hydroxylation is 6. The van der Waals surface area contributed by atoms with Crippen molar-refractivity contribution in [3.63, 3.8) is 0 Å². The van der Waals surface area contributed by atoms with Crippen LogP contribution in [0.3, 0.4) is 0 Å². The number of anilines is 4. The number of benzene rings is 2. The summed E-state index contributed by atoms with van der Waals surface area (Å²) in [6.07, 6.45) is 0. The number of ether oxygens (including phenoxy) is 1. The number of nitrogens with two attached hydrogens (primary N) is 1. The fraction of sp³-hybridized carbons (Fsp3) is 0.286. The van der Waals surface area contributed by atoms with Gasteiger partial charge in [0.2, 0.25) is 11.8 Å². The van der Waals surface area contributed by atoms with Crippen molar-refractivity contribution in [2.75, 3.05) is 33.9 Å². The maximum Gasteiger partial charge on any atom is 0.270 e. The number of methoxy groups -OCH3 is 1. The van der Waals surface area contributed by atoms with Crippen molar-refractivity contribution < 1.29 is 82.7 Å². The molecule has 0 aliphatic rings. The van der Waals surface area contributed by atoms with Crippen LogP contribution in [0.2, 0.25) is 0 Å². The van der Waals surface area contributed by atoms with E-state index in [1.807, 2.05) is 0 Å². The topological polar surface area (TPSA) is 251 Å². The zero-order valence-electron chi connectivity index (χ0n) is 56.7. The van der Waals surface area contributed by atoms with Crippen LogP contribution in [0.5, 0.6) is 0 Å². The van der Waals surface area contributed by atoms with Crippen molar-refractivity contribution in [3.8, 4) is 0 Å². The number of amides is 1. The summed E-state index contributed by atoms with van der Waals surface area (Å²) in [5, 5.41) is 10.1. The molecule has 4 N–H and O–H groups in total. The van der Waals surface area contributed by atoms with Crippen molar-refractivity contribution in [2.45, 2.75) is 78.5 Å². The van der Waals surface area contributed by atoms with Crippen LogP contribution >= 0.6 is 34.3 Å². The van der Waals surface area contributed by atoms with E-state index in [0.717, 1.165) is 67.1 Å². The predicted octanol–water partition coefficient (Wildman–Crippen LogP) is 8.84. The van der Waals surface area contributed by atoms with Crippen LogP contribution in [0, 0.1) is 54.8 Å². The SMILES string of the molecule is [2H]C([2H])([2H])c1cc(C(C)=O)c(N)c(C([2H])([2H])[2H])c1.[2H]C([2H])([2H])c1cc(C(C)=O)c(NC(=O)c2sccc2S(=O)(=O)Nc2onc(C([2H])([2H])[2H])c2C([2H])([2H])[2H])c(C([2H])([2H])[2H])c1.[2H]C([2H])([2H])c1noc(N(COC)S(=O)(=O)c2ccsc2C(=O)Cl)c1C([2H])([2H])[2H]. The smallest absolute Gasteiger partial charge is 0.270 e. The van der Waals surface area contributed by atoms with Gasteiger partial charge in [-0.2, -0.15) is 0 Å². The zero-order valence-corrected chi connectivity index (χ0v) is 36.8. The highest BCUT2D eigenvalue weighted by Gasteiger charge is 2.34. The van der Waals surface area contributed by atoms with Crippen molar-refractivity contribution in [1.29, 1.82) is 0 Å². The molecule has 4 heterocycles. The largest absolute Gasteiger partial charge is 0.398 e. The third-order valence-corrected chi connectivity index (χ3v) is 13.4. The van der Waals surface area contributed by atoms with Crippen LogP contribution in [-0.4, -0.2) is 63.7 Å². The maximum atomic E-state index is 13.3. The normalized spacial score (nSPS) is 18.3. The molecule has 6 aromatic rings. The first-order valence-corrected chi connectivity index (χ1v) is 22.0. The predicted molar refractivity (Wildman–Crippen MR) is 247 cm³/mol. The number of hydrogen-bond donors (Lipinski definition) is 3. The molecule has 0 fully saturated rings. The summed E-state index contributed by atoms with van der Waals surface area (Å²) in [7, 11) is -8.36. The molecule has 0 bridgehead atoms. The van der Waals surface area contributed by atoms with Gasteiger partial charge in [0.25, 0.3) is 31.2 Å². The fourth-order valence-corrected chi connectivity index (χ4v) is 10.1. The Balaban J connectivity index is 0.000000309. The highest BCUT2D eigenvalue weighted by Crippen LogP contribution is 2.33. The quantitative estimate of drug-likeness (QED) is 0.0423. The number of halogens is 1. The number of sulfonamides is 2. The number of Topliss-reactive ketones (excluding diaryl/α,β-unsaturated/α-hetero) is 2. The summed E-state index contributed by atoms with van der Waals surface area (Å²) in [6.45, 7) is -21.7. The van der Waals surface area contributed by atoms with Crippen molar-refractivity contribution >= 4 is 100 Å². The number of aromatic nitrogens is 2. The number of hydrogen-bond acceptors (Lipinski definition) is 16. The van der Waals surface area contributed by atoms with E-state index < -0.39 is 176 Å². The van der Waals surface area contributed by atoms with E-state index in [1.54, 1.807) is 4.72 Å². The molecular formula is C42H47ClN6O11S4. The van der Waals surface area contributed by atoms with Crippen LogP contribution < -0.4 is 20.1 Å². The molecule has 0 aliphatic heterocycles. The van der Waals surface area contributed by atoms with Gasteiger partial charge in [0, 0.05) is 67.9 Å². The first kappa shape index (κ1) is 26.3. The second-order valence-electron chi connectivity index (χ2n) is 12.3. The molecule has 0 unspecified atom stereocenters. The molecule has 64 heavy (non-hydrogen) atoms. The highest BCUT2D eigenvalue weighted by atomic mass is 35.5. The number of nitrogens with one attached hydrogen (secondary N) is 2. The van der Waals surface area contributed by atoms with Crippen LogP contribution in [0.1, 0.15) is 132 Å². The first-order valence-electron chi connectivity index (χ1n) is 28.9. The van der Waals surface area contributed by atoms with Gasteiger partial charge in [-0.25, -0.2) is 25.9 Å². The summed E-state index contributed by atoms with van der Waals surface area (Å²) in [5.74, 6) is -4.36. The van der Waals surface area contributed by atoms with E-state index in [1.165, 1.54) is 12.3 Å². The van der Waals surface area contributed by atoms with Crippen LogP contribution in [0.4, 0.5) is 23.1 Å². The Hall–Kier alpha value is -5.71. The van der Waals surface area contributed by atoms with E-state index in [-0.39, 0.29) is 27.3 Å². The number of nitrogens with zero attached hydrogens (tertiary/aromatic N) is 3. The molecule has 1 amide bonds. The molecule has 342 valence electrons. The summed E-state index contributed by atoms with van der Waals surface area (Å²) in [4.78, 5) is 46.4. The summed E-state index contributed by atoms with van der Waals surface area (Å²) in [6, 6.07) is 5.87. The van der Waals surface area contributed by atoms with Crippen LogP contribution in [0.15, 0.2) is 66.0 Å². The van der Waals surface area contributed by atoms with Gasteiger partial charge < -0.3 is 24.8 Å². The molecule has 0 saturated carbocycles. The van der Waals surface area contributed by atoms with Crippen molar-refractivity contribution in [2.24, 2.45) is 0 Å². The third kappa shape index (κ3) is 11.5. The Bertz CT molecular complexity index is 3850. The summed E-state index contributed by atoms with van der Waals surface area (Å²) in [5.41, 5.74) is -1.15. The second kappa shape index (κ2) is 20.9. The molecule has 0 saturated heterocycles. The molecule has 6 rings (SSSR count). The van der Waals surface area contributed by atoms with Crippen molar-refractivity contribution in [1.82, 2.24) is 10.3 Å². The number of nitrogen functional groups attached to an aromatic ring is 1. The Morgan fingerprint density at radius 2 is 1.39 bits per heavy atom. The van der Waals surface area contributed by atoms with Crippen LogP contribution in [0.25, 0.3) is 0 Å². The Labute approximate surface area is 417 Å². The van der Waals surface area contributed by atoms with E-state index in [0.29, 0.717) is 15.6 Å². The van der Waals surface area contributed by atoms with Gasteiger partial charge in [0.05, 0.1) is 17.1 Å². The van der Waals surface area contributed by atoms with Gasteiger partial charge in [0.1, 0.15) is 26.3 Å². The minimum absolute atomic E-state index is 0.0743. The van der Waals surface area contributed by atoms with Gasteiger partial charge in [-0.1, -0.05) is 22.4 Å². The van der Waals surface area contributed by atoms with E-state index >= 15 is 0 Å². The minimum Gasteiger partial charge on any atom is -0.398 e. The van der Waals surface area contributed by atoms with E-state index in [4.69, 9.17) is 64.0 Å². The maximum absolute atomic E-state index is 13.3. The molecule has 0 aliphatic carbocycles. The lowest BCUT2D eigenvalue weighted by Crippen LogP contribution is -2.33. The molecule has 0 radical (unpaired) electrons. The Morgan fingerprint density at radius 3 is 1.97 bits per heavy atom. The number of carbonyl (C=O) groups excluding carboxylic acids is 4. The molecule has 4 aromatic heterocycles. The number of carbonyl (C=O) groups is 4. The summed E-state index contributed by atoms with van der Waals surface area (Å²) >= 11 is 6.74. The molecule has 0 atom stereocenters. The lowest BCUT2D eigenvalue weighted by Gasteiger charge is -2.20. The third-order valence-electron chi connectivity index (χ3n) is 7.88. The van der Waals surface area contributed by atoms with Gasteiger partial charge in [-0.05, 0) is 138 Å². The van der Waals surface area contributed by atoms with Gasteiger partial charge in [-0.3, -0.25) is 19.2 Å². The number of ketones is 2.